The number of fused-ring (bicyclic) bond motifs is 3. The monoisotopic (exact) mass is 374 g/mol. The largest absolute Gasteiger partial charge is 0.493 e. The van der Waals surface area contributed by atoms with Crippen LogP contribution in [0.5, 0.6) is 11.5 Å². The van der Waals surface area contributed by atoms with E-state index in [9.17, 15) is 0 Å². The van der Waals surface area contributed by atoms with Crippen molar-refractivity contribution in [2.24, 2.45) is 5.73 Å². The van der Waals surface area contributed by atoms with E-state index in [4.69, 9.17) is 15.2 Å². The number of rotatable bonds is 7. The summed E-state index contributed by atoms with van der Waals surface area (Å²) in [6.45, 7) is 0.719. The number of unbranched alkanes of at least 4 members (excludes halogenated alkanes) is 1. The van der Waals surface area contributed by atoms with Gasteiger partial charge in [-0.25, -0.2) is 0 Å². The van der Waals surface area contributed by atoms with Crippen LogP contribution in [0.25, 0.3) is 32.9 Å². The number of aromatic amines is 1. The van der Waals surface area contributed by atoms with Crippen LogP contribution in [0, 0.1) is 0 Å². The van der Waals surface area contributed by atoms with Gasteiger partial charge in [-0.05, 0) is 55.0 Å². The van der Waals surface area contributed by atoms with E-state index in [0.717, 1.165) is 48.6 Å². The van der Waals surface area contributed by atoms with Crippen LogP contribution in [0.15, 0.2) is 54.6 Å². The van der Waals surface area contributed by atoms with Gasteiger partial charge in [-0.3, -0.25) is 0 Å². The Kier molecular flexibility index (Phi) is 5.22. The molecule has 0 aliphatic carbocycles. The Labute approximate surface area is 165 Å². The van der Waals surface area contributed by atoms with Crippen LogP contribution in [0.3, 0.4) is 0 Å². The Morgan fingerprint density at radius 2 is 1.68 bits per heavy atom. The third kappa shape index (κ3) is 3.20. The maximum Gasteiger partial charge on any atom is 0.161 e. The van der Waals surface area contributed by atoms with E-state index < -0.39 is 0 Å². The van der Waals surface area contributed by atoms with Crippen LogP contribution in [0.4, 0.5) is 0 Å². The maximum atomic E-state index is 5.74. The number of hydrogen-bond acceptors (Lipinski definition) is 3. The highest BCUT2D eigenvalue weighted by atomic mass is 16.5. The van der Waals surface area contributed by atoms with Gasteiger partial charge in [0.15, 0.2) is 11.5 Å². The number of nitrogens with two attached hydrogens (primary N) is 1. The van der Waals surface area contributed by atoms with E-state index in [-0.39, 0.29) is 0 Å². The fraction of sp³-hybridized carbons (Fsp3) is 0.250. The standard InChI is InChI=1S/C24H26N2O2/c1-27-21-13-11-17(15-22(21)28-2)23-19(9-5-6-14-25)20-12-10-16-7-3-4-8-18(16)24(20)26-23/h3-4,7-8,10-13,15,26H,5-6,9,14,25H2,1-2H3. The molecule has 1 aromatic heterocycles. The lowest BCUT2D eigenvalue weighted by Gasteiger charge is -2.10. The summed E-state index contributed by atoms with van der Waals surface area (Å²) in [6.07, 6.45) is 3.07. The van der Waals surface area contributed by atoms with Crippen LogP contribution >= 0.6 is 0 Å². The molecule has 1 heterocycles. The highest BCUT2D eigenvalue weighted by Crippen LogP contribution is 2.38. The highest BCUT2D eigenvalue weighted by molar-refractivity contribution is 6.08. The van der Waals surface area contributed by atoms with E-state index in [1.165, 1.54) is 27.2 Å². The topological polar surface area (TPSA) is 60.3 Å². The Bertz CT molecular complexity index is 1110. The molecule has 3 aromatic carbocycles. The van der Waals surface area contributed by atoms with Crippen LogP contribution in [0.1, 0.15) is 18.4 Å². The molecule has 0 saturated heterocycles. The van der Waals surface area contributed by atoms with Gasteiger partial charge in [0.25, 0.3) is 0 Å². The summed E-state index contributed by atoms with van der Waals surface area (Å²) in [5.74, 6) is 1.47. The quantitative estimate of drug-likeness (QED) is 0.432. The van der Waals surface area contributed by atoms with Gasteiger partial charge in [-0.2, -0.15) is 0 Å². The lowest BCUT2D eigenvalue weighted by atomic mass is 9.98. The summed E-state index contributed by atoms with van der Waals surface area (Å²) in [4.78, 5) is 3.71. The summed E-state index contributed by atoms with van der Waals surface area (Å²) in [5.41, 5.74) is 10.5. The summed E-state index contributed by atoms with van der Waals surface area (Å²) < 4.78 is 10.9. The number of aromatic nitrogens is 1. The molecule has 4 heteroatoms. The van der Waals surface area contributed by atoms with Crippen molar-refractivity contribution in [1.82, 2.24) is 4.98 Å². The molecule has 144 valence electrons. The van der Waals surface area contributed by atoms with Crippen molar-refractivity contribution in [3.8, 4) is 22.8 Å². The van der Waals surface area contributed by atoms with E-state index in [2.05, 4.69) is 47.4 Å². The van der Waals surface area contributed by atoms with E-state index in [1.807, 2.05) is 12.1 Å². The fourth-order valence-electron chi connectivity index (χ4n) is 3.94. The van der Waals surface area contributed by atoms with Crippen molar-refractivity contribution in [2.45, 2.75) is 19.3 Å². The van der Waals surface area contributed by atoms with Gasteiger partial charge < -0.3 is 20.2 Å². The Morgan fingerprint density at radius 1 is 0.857 bits per heavy atom. The molecule has 0 unspecified atom stereocenters. The molecule has 0 amide bonds. The minimum atomic E-state index is 0.719. The van der Waals surface area contributed by atoms with Gasteiger partial charge in [-0.15, -0.1) is 0 Å². The molecule has 28 heavy (non-hydrogen) atoms. The fourth-order valence-corrected chi connectivity index (χ4v) is 3.94. The maximum absolute atomic E-state index is 5.74. The second-order valence-electron chi connectivity index (χ2n) is 7.00. The minimum Gasteiger partial charge on any atom is -0.493 e. The van der Waals surface area contributed by atoms with Crippen molar-refractivity contribution < 1.29 is 9.47 Å². The summed E-state index contributed by atoms with van der Waals surface area (Å²) in [6, 6.07) is 19.0. The average molecular weight is 374 g/mol. The van der Waals surface area contributed by atoms with Gasteiger partial charge in [0.05, 0.1) is 19.7 Å². The first-order valence-electron chi connectivity index (χ1n) is 9.71. The molecule has 4 aromatic rings. The zero-order chi connectivity index (χ0) is 19.5. The van der Waals surface area contributed by atoms with Crippen molar-refractivity contribution in [3.63, 3.8) is 0 Å². The van der Waals surface area contributed by atoms with Crippen LogP contribution < -0.4 is 15.2 Å². The van der Waals surface area contributed by atoms with Gasteiger partial charge in [-0.1, -0.05) is 36.4 Å². The van der Waals surface area contributed by atoms with Crippen molar-refractivity contribution in [2.75, 3.05) is 20.8 Å². The van der Waals surface area contributed by atoms with Crippen molar-refractivity contribution in [3.05, 3.63) is 60.2 Å². The summed E-state index contributed by atoms with van der Waals surface area (Å²) >= 11 is 0. The first-order chi connectivity index (χ1) is 13.8. The average Bonchev–Trinajstić information content (AvgIpc) is 3.12. The van der Waals surface area contributed by atoms with Gasteiger partial charge in [0.2, 0.25) is 0 Å². The van der Waals surface area contributed by atoms with Gasteiger partial charge >= 0.3 is 0 Å². The summed E-state index contributed by atoms with van der Waals surface area (Å²) in [5, 5.41) is 3.76. The molecule has 0 aliphatic heterocycles. The lowest BCUT2D eigenvalue weighted by molar-refractivity contribution is 0.355. The van der Waals surface area contributed by atoms with E-state index in [1.54, 1.807) is 14.2 Å². The molecular weight excluding hydrogens is 348 g/mol. The van der Waals surface area contributed by atoms with E-state index in [0.29, 0.717) is 0 Å². The predicted octanol–water partition coefficient (Wildman–Crippen LogP) is 5.29. The molecule has 0 spiro atoms. The molecule has 0 saturated carbocycles. The number of H-pyrrole nitrogens is 1. The molecule has 4 rings (SSSR count). The van der Waals surface area contributed by atoms with Gasteiger partial charge in [0.1, 0.15) is 0 Å². The first-order valence-corrected chi connectivity index (χ1v) is 9.71. The molecular formula is C24H26N2O2. The second-order valence-corrected chi connectivity index (χ2v) is 7.00. The molecule has 0 radical (unpaired) electrons. The zero-order valence-electron chi connectivity index (χ0n) is 16.4. The highest BCUT2D eigenvalue weighted by Gasteiger charge is 2.16. The Balaban J connectivity index is 1.93. The predicted molar refractivity (Wildman–Crippen MR) is 116 cm³/mol. The second kappa shape index (κ2) is 7.95. The molecule has 3 N–H and O–H groups in total. The lowest BCUT2D eigenvalue weighted by Crippen LogP contribution is -1.99. The number of nitrogens with one attached hydrogen (secondary N) is 1. The van der Waals surface area contributed by atoms with Crippen LogP contribution in [-0.4, -0.2) is 25.7 Å². The first kappa shape index (κ1) is 18.4. The van der Waals surface area contributed by atoms with Crippen molar-refractivity contribution in [1.29, 1.82) is 0 Å². The number of methoxy groups -OCH3 is 2. The Morgan fingerprint density at radius 3 is 2.46 bits per heavy atom. The molecule has 0 fully saturated rings. The molecule has 0 atom stereocenters. The SMILES string of the molecule is COc1ccc(-c2[nH]c3c(ccc4ccccc43)c2CCCCN)cc1OC. The van der Waals surface area contributed by atoms with Crippen LogP contribution in [-0.2, 0) is 6.42 Å². The normalized spacial score (nSPS) is 11.2. The molecule has 0 bridgehead atoms. The Hall–Kier alpha value is -2.98. The molecule has 0 aliphatic rings. The third-order valence-corrected chi connectivity index (χ3v) is 5.36. The number of aryl methyl sites for hydroxylation is 1. The molecule has 4 nitrogen and oxygen atoms in total. The van der Waals surface area contributed by atoms with Crippen molar-refractivity contribution >= 4 is 21.7 Å². The number of benzene rings is 3. The number of ether oxygens (including phenoxy) is 2. The summed E-state index contributed by atoms with van der Waals surface area (Å²) in [7, 11) is 3.33. The third-order valence-electron chi connectivity index (χ3n) is 5.36. The smallest absolute Gasteiger partial charge is 0.161 e. The van der Waals surface area contributed by atoms with Gasteiger partial charge in [0, 0.05) is 22.0 Å². The number of hydrogen-bond donors (Lipinski definition) is 2. The zero-order valence-corrected chi connectivity index (χ0v) is 16.4. The minimum absolute atomic E-state index is 0.719. The van der Waals surface area contributed by atoms with Crippen LogP contribution in [0.2, 0.25) is 0 Å². The van der Waals surface area contributed by atoms with E-state index >= 15 is 0 Å².